The van der Waals surface area contributed by atoms with E-state index in [4.69, 9.17) is 0 Å². The predicted octanol–water partition coefficient (Wildman–Crippen LogP) is 4.89. The summed E-state index contributed by atoms with van der Waals surface area (Å²) in [6, 6.07) is 0. The molecule has 1 rings (SSSR count). The second kappa shape index (κ2) is 2.73. The maximum Gasteiger partial charge on any atom is 0.246 e. The summed E-state index contributed by atoms with van der Waals surface area (Å²) in [5.41, 5.74) is 0. The third kappa shape index (κ3) is 2.76. The lowest BCUT2D eigenvalue weighted by molar-refractivity contribution is 0.843. The van der Waals surface area contributed by atoms with Crippen molar-refractivity contribution in [3.05, 3.63) is 0 Å². The average molecular weight is 237 g/mol. The maximum absolute atomic E-state index is 13.2. The summed E-state index contributed by atoms with van der Waals surface area (Å²) in [6.45, 7) is 3.12. The standard InChI is InChI=1S/C3H9F3N3P3/c1-10(4)7-11(2,5)9-12(3,6)8-10/h1-3H3. The fraction of sp³-hybridized carbons (Fsp3) is 1.00. The Morgan fingerprint density at radius 2 is 0.833 bits per heavy atom. The molecule has 72 valence electrons. The maximum atomic E-state index is 13.2. The molecule has 9 heteroatoms. The van der Waals surface area contributed by atoms with Crippen molar-refractivity contribution in [2.24, 2.45) is 13.5 Å². The molecule has 1 heterocycles. The Labute approximate surface area is 69.5 Å². The number of nitrogens with zero attached hydrogens (tertiary/aromatic N) is 3. The van der Waals surface area contributed by atoms with Gasteiger partial charge >= 0.3 is 0 Å². The third-order valence-corrected chi connectivity index (χ3v) is 8.82. The zero-order chi connectivity index (χ0) is 9.62. The van der Waals surface area contributed by atoms with Gasteiger partial charge in [-0.25, -0.2) is 0 Å². The smallest absolute Gasteiger partial charge is 0.183 e. The van der Waals surface area contributed by atoms with Crippen molar-refractivity contribution in [2.75, 3.05) is 20.0 Å². The van der Waals surface area contributed by atoms with Gasteiger partial charge < -0.3 is 0 Å². The first kappa shape index (κ1) is 10.6. The van der Waals surface area contributed by atoms with Crippen LogP contribution in [0.4, 0.5) is 12.6 Å². The normalized spacial score (nSPS) is 53.5. The van der Waals surface area contributed by atoms with Crippen LogP contribution in [0.2, 0.25) is 0 Å². The van der Waals surface area contributed by atoms with E-state index in [0.29, 0.717) is 0 Å². The van der Waals surface area contributed by atoms with Gasteiger partial charge in [0, 0.05) is 20.0 Å². The lowest BCUT2D eigenvalue weighted by atomic mass is 12.0. The van der Waals surface area contributed by atoms with Gasteiger partial charge in [0.1, 0.15) is 0 Å². The van der Waals surface area contributed by atoms with Crippen molar-refractivity contribution in [3.63, 3.8) is 0 Å². The summed E-state index contributed by atoms with van der Waals surface area (Å²) in [5.74, 6) is 0. The van der Waals surface area contributed by atoms with Crippen molar-refractivity contribution >= 4 is 22.5 Å². The zero-order valence-electron chi connectivity index (χ0n) is 6.82. The van der Waals surface area contributed by atoms with E-state index in [-0.39, 0.29) is 0 Å². The summed E-state index contributed by atoms with van der Waals surface area (Å²) in [6.07, 6.45) is 0. The molecule has 0 aliphatic carbocycles. The van der Waals surface area contributed by atoms with E-state index in [0.717, 1.165) is 20.0 Å². The molecule has 0 bridgehead atoms. The van der Waals surface area contributed by atoms with Crippen LogP contribution in [0.25, 0.3) is 0 Å². The van der Waals surface area contributed by atoms with Crippen molar-refractivity contribution in [3.8, 4) is 0 Å². The second-order valence-corrected chi connectivity index (χ2v) is 9.70. The van der Waals surface area contributed by atoms with Crippen LogP contribution >= 0.6 is 22.5 Å². The Balaban J connectivity index is 3.46. The van der Waals surface area contributed by atoms with Crippen LogP contribution < -0.4 is 0 Å². The molecule has 0 N–H and O–H groups in total. The van der Waals surface area contributed by atoms with Crippen LogP contribution in [0.5, 0.6) is 0 Å². The summed E-state index contributed by atoms with van der Waals surface area (Å²) in [4.78, 5) is 0. The van der Waals surface area contributed by atoms with Gasteiger partial charge in [-0.3, -0.25) is 0 Å². The van der Waals surface area contributed by atoms with E-state index in [1.54, 1.807) is 0 Å². The minimum Gasteiger partial charge on any atom is -0.183 e. The minimum atomic E-state index is -3.57. The summed E-state index contributed by atoms with van der Waals surface area (Å²) in [5, 5.41) is 0. The Morgan fingerprint density at radius 3 is 1.00 bits per heavy atom. The highest BCUT2D eigenvalue weighted by Gasteiger charge is 2.29. The Hall–Kier alpha value is 0.480. The topological polar surface area (TPSA) is 37.1 Å². The first-order valence-electron chi connectivity index (χ1n) is 3.05. The molecule has 3 nitrogen and oxygen atoms in total. The molecule has 0 atom stereocenters. The largest absolute Gasteiger partial charge is 0.246 e. The van der Waals surface area contributed by atoms with Gasteiger partial charge in [0.15, 0.2) is 0 Å². The van der Waals surface area contributed by atoms with E-state index in [1.165, 1.54) is 0 Å². The van der Waals surface area contributed by atoms with Gasteiger partial charge in [0.25, 0.3) is 0 Å². The van der Waals surface area contributed by atoms with Crippen LogP contribution in [-0.2, 0) is 0 Å². The molecule has 1 aliphatic rings. The van der Waals surface area contributed by atoms with E-state index < -0.39 is 22.5 Å². The van der Waals surface area contributed by atoms with Gasteiger partial charge in [0.05, 0.1) is 0 Å². The molecule has 0 fully saturated rings. The van der Waals surface area contributed by atoms with Gasteiger partial charge in [-0.15, -0.1) is 0 Å². The molecule has 0 aromatic rings. The summed E-state index contributed by atoms with van der Waals surface area (Å²) >= 11 is 0. The quantitative estimate of drug-likeness (QED) is 0.537. The van der Waals surface area contributed by atoms with Crippen LogP contribution in [0.1, 0.15) is 0 Å². The summed E-state index contributed by atoms with van der Waals surface area (Å²) < 4.78 is 49.0. The fourth-order valence-electron chi connectivity index (χ4n) is 0.948. The van der Waals surface area contributed by atoms with Gasteiger partial charge in [0.2, 0.25) is 22.5 Å². The molecule has 0 aromatic heterocycles. The molecule has 12 heavy (non-hydrogen) atoms. The van der Waals surface area contributed by atoms with Crippen LogP contribution in [0, 0.1) is 0 Å². The van der Waals surface area contributed by atoms with Crippen LogP contribution in [0.15, 0.2) is 13.5 Å². The fourth-order valence-corrected chi connectivity index (χ4v) is 9.49. The first-order chi connectivity index (χ1) is 5.12. The highest BCUT2D eigenvalue weighted by molar-refractivity contribution is 7.81. The Kier molecular flexibility index (Phi) is 2.40. The molecule has 0 amide bonds. The lowest BCUT2D eigenvalue weighted by Gasteiger charge is -2.17. The summed E-state index contributed by atoms with van der Waals surface area (Å²) in [7, 11) is -10.7. The van der Waals surface area contributed by atoms with Gasteiger partial charge in [-0.1, -0.05) is 0 Å². The third-order valence-electron chi connectivity index (χ3n) is 0.979. The van der Waals surface area contributed by atoms with Crippen LogP contribution in [-0.4, -0.2) is 20.0 Å². The highest BCUT2D eigenvalue weighted by Crippen LogP contribution is 2.77. The van der Waals surface area contributed by atoms with E-state index >= 15 is 0 Å². The van der Waals surface area contributed by atoms with Crippen molar-refractivity contribution in [2.45, 2.75) is 0 Å². The first-order valence-corrected chi connectivity index (χ1v) is 9.15. The molecular weight excluding hydrogens is 228 g/mol. The Bertz CT molecular complexity index is 281. The number of hydrogen-bond donors (Lipinski definition) is 0. The van der Waals surface area contributed by atoms with E-state index in [1.807, 2.05) is 0 Å². The lowest BCUT2D eigenvalue weighted by Crippen LogP contribution is -1.75. The monoisotopic (exact) mass is 237 g/mol. The van der Waals surface area contributed by atoms with Gasteiger partial charge in [-0.05, 0) is 0 Å². The molecule has 0 radical (unpaired) electrons. The Morgan fingerprint density at radius 1 is 0.667 bits per heavy atom. The minimum absolute atomic E-state index is 1.04. The molecule has 0 spiro atoms. The molecule has 1 aliphatic heterocycles. The van der Waals surface area contributed by atoms with E-state index in [9.17, 15) is 12.6 Å². The molecule has 0 unspecified atom stereocenters. The number of rotatable bonds is 0. The molecular formula is C3H9F3N3P3. The number of hydrogen-bond acceptors (Lipinski definition) is 3. The zero-order valence-corrected chi connectivity index (χ0v) is 9.50. The second-order valence-electron chi connectivity index (χ2n) is 2.70. The van der Waals surface area contributed by atoms with Gasteiger partial charge in [-0.2, -0.15) is 26.1 Å². The highest BCUT2D eigenvalue weighted by atomic mass is 31.3. The van der Waals surface area contributed by atoms with Crippen molar-refractivity contribution < 1.29 is 12.6 Å². The SMILES string of the molecule is CP1(F)=NP(C)(F)=NP(C)(F)=N1. The molecule has 0 saturated carbocycles. The molecule has 0 aromatic carbocycles. The predicted molar refractivity (Wildman–Crippen MR) is 49.1 cm³/mol. The van der Waals surface area contributed by atoms with Crippen molar-refractivity contribution in [1.82, 2.24) is 0 Å². The van der Waals surface area contributed by atoms with Crippen molar-refractivity contribution in [1.29, 1.82) is 0 Å². The average Bonchev–Trinajstić information content (AvgIpc) is 1.44. The number of halogens is 3. The van der Waals surface area contributed by atoms with E-state index in [2.05, 4.69) is 13.5 Å². The molecule has 0 saturated heterocycles. The van der Waals surface area contributed by atoms with Crippen LogP contribution in [0.3, 0.4) is 0 Å².